The topological polar surface area (TPSA) is 71.2 Å². The quantitative estimate of drug-likeness (QED) is 0.832. The fourth-order valence-corrected chi connectivity index (χ4v) is 5.23. The Morgan fingerprint density at radius 3 is 3.00 bits per heavy atom. The van der Waals surface area contributed by atoms with Crippen molar-refractivity contribution in [3.63, 3.8) is 0 Å². The van der Waals surface area contributed by atoms with Crippen LogP contribution in [0, 0.1) is 0 Å². The Bertz CT molecular complexity index is 801. The van der Waals surface area contributed by atoms with Gasteiger partial charge in [-0.3, -0.25) is 14.7 Å². The molecule has 1 aliphatic heterocycles. The van der Waals surface area contributed by atoms with E-state index in [9.17, 15) is 4.79 Å². The fourth-order valence-electron chi connectivity index (χ4n) is 4.10. The second-order valence-corrected chi connectivity index (χ2v) is 8.73. The van der Waals surface area contributed by atoms with E-state index in [-0.39, 0.29) is 18.0 Å². The van der Waals surface area contributed by atoms with Gasteiger partial charge in [0.2, 0.25) is 0 Å². The van der Waals surface area contributed by atoms with Gasteiger partial charge in [-0.05, 0) is 49.3 Å². The first kappa shape index (κ1) is 18.6. The molecule has 0 bridgehead atoms. The lowest BCUT2D eigenvalue weighted by Crippen LogP contribution is -2.35. The van der Waals surface area contributed by atoms with Crippen LogP contribution in [0.4, 0.5) is 0 Å². The number of rotatable bonds is 5. The van der Waals surface area contributed by atoms with Crippen LogP contribution in [0.3, 0.4) is 0 Å². The van der Waals surface area contributed by atoms with Crippen LogP contribution in [0.1, 0.15) is 58.2 Å². The third kappa shape index (κ3) is 4.23. The summed E-state index contributed by atoms with van der Waals surface area (Å²) in [7, 11) is 0. The van der Waals surface area contributed by atoms with Crippen LogP contribution in [0.2, 0.25) is 0 Å². The number of carbonyl (C=O) groups excluding carboxylic acids is 1. The van der Waals surface area contributed by atoms with E-state index in [0.29, 0.717) is 0 Å². The first-order valence-electron chi connectivity index (χ1n) is 9.94. The van der Waals surface area contributed by atoms with E-state index < -0.39 is 0 Å². The van der Waals surface area contributed by atoms with E-state index in [1.165, 1.54) is 16.0 Å². The van der Waals surface area contributed by atoms with E-state index in [1.54, 1.807) is 11.3 Å². The summed E-state index contributed by atoms with van der Waals surface area (Å²) in [6, 6.07) is 4.77. The lowest BCUT2D eigenvalue weighted by molar-refractivity contribution is 0.0936. The molecular formula is C21H28N4OS. The number of pyridine rings is 1. The number of carbonyl (C=O) groups is 1. The molecule has 2 aromatic heterocycles. The zero-order chi connectivity index (χ0) is 18.8. The number of nitrogens with one attached hydrogen (secondary N) is 1. The predicted molar refractivity (Wildman–Crippen MR) is 109 cm³/mol. The molecule has 1 aliphatic carbocycles. The van der Waals surface area contributed by atoms with E-state index in [2.05, 4.69) is 34.3 Å². The van der Waals surface area contributed by atoms with E-state index in [4.69, 9.17) is 5.73 Å². The zero-order valence-corrected chi connectivity index (χ0v) is 16.7. The van der Waals surface area contributed by atoms with Gasteiger partial charge in [0.05, 0.1) is 11.3 Å². The lowest BCUT2D eigenvalue weighted by Gasteiger charge is -2.27. The van der Waals surface area contributed by atoms with Crippen LogP contribution in [0.5, 0.6) is 0 Å². The Balaban J connectivity index is 1.38. The van der Waals surface area contributed by atoms with Gasteiger partial charge in [0.1, 0.15) is 0 Å². The molecule has 0 saturated heterocycles. The number of amides is 1. The normalized spacial score (nSPS) is 22.6. The van der Waals surface area contributed by atoms with Crippen molar-refractivity contribution >= 4 is 17.2 Å². The van der Waals surface area contributed by atoms with Crippen molar-refractivity contribution in [2.24, 2.45) is 5.73 Å². The SMILES string of the molecule is CCc1ccc(CN2CCc3c(C(=O)N[C@@H]4CC[C@@H](N)C4)csc3C2)nc1. The van der Waals surface area contributed by atoms with E-state index in [1.807, 2.05) is 11.6 Å². The predicted octanol–water partition coefficient (Wildman–Crippen LogP) is 2.87. The molecule has 3 N–H and O–H groups in total. The maximum atomic E-state index is 12.7. The van der Waals surface area contributed by atoms with Crippen molar-refractivity contribution in [1.82, 2.24) is 15.2 Å². The van der Waals surface area contributed by atoms with E-state index >= 15 is 0 Å². The molecule has 2 atom stereocenters. The van der Waals surface area contributed by atoms with E-state index in [0.717, 1.165) is 63.0 Å². The number of aromatic nitrogens is 1. The number of hydrogen-bond donors (Lipinski definition) is 2. The average Bonchev–Trinajstić information content (AvgIpc) is 3.28. The number of nitrogens with zero attached hydrogens (tertiary/aromatic N) is 2. The molecule has 144 valence electrons. The summed E-state index contributed by atoms with van der Waals surface area (Å²) in [5.41, 5.74) is 10.5. The first-order chi connectivity index (χ1) is 13.1. The van der Waals surface area contributed by atoms with Gasteiger partial charge in [-0.1, -0.05) is 13.0 Å². The zero-order valence-electron chi connectivity index (χ0n) is 15.9. The summed E-state index contributed by atoms with van der Waals surface area (Å²) in [6.07, 6.45) is 6.83. The van der Waals surface area contributed by atoms with Gasteiger partial charge in [-0.2, -0.15) is 0 Å². The van der Waals surface area contributed by atoms with Crippen LogP contribution in [0.25, 0.3) is 0 Å². The monoisotopic (exact) mass is 384 g/mol. The van der Waals surface area contributed by atoms with Gasteiger partial charge in [-0.15, -0.1) is 11.3 Å². The summed E-state index contributed by atoms with van der Waals surface area (Å²) in [6.45, 7) is 4.88. The average molecular weight is 385 g/mol. The maximum Gasteiger partial charge on any atom is 0.252 e. The highest BCUT2D eigenvalue weighted by Gasteiger charge is 2.27. The number of fused-ring (bicyclic) bond motifs is 1. The van der Waals surface area contributed by atoms with Crippen LogP contribution in [-0.2, 0) is 25.9 Å². The molecule has 2 aromatic rings. The molecule has 4 rings (SSSR count). The smallest absolute Gasteiger partial charge is 0.252 e. The molecule has 5 nitrogen and oxygen atoms in total. The molecule has 6 heteroatoms. The summed E-state index contributed by atoms with van der Waals surface area (Å²) < 4.78 is 0. The molecule has 27 heavy (non-hydrogen) atoms. The van der Waals surface area contributed by atoms with Crippen LogP contribution in [-0.4, -0.2) is 34.4 Å². The van der Waals surface area contributed by atoms with Gasteiger partial charge < -0.3 is 11.1 Å². The number of hydrogen-bond acceptors (Lipinski definition) is 5. The van der Waals surface area contributed by atoms with Crippen molar-refractivity contribution < 1.29 is 4.79 Å². The first-order valence-corrected chi connectivity index (χ1v) is 10.8. The molecular weight excluding hydrogens is 356 g/mol. The van der Waals surface area contributed by atoms with Gasteiger partial charge in [0.15, 0.2) is 0 Å². The van der Waals surface area contributed by atoms with Gasteiger partial charge in [0.25, 0.3) is 5.91 Å². The van der Waals surface area contributed by atoms with Crippen molar-refractivity contribution in [1.29, 1.82) is 0 Å². The molecule has 0 spiro atoms. The largest absolute Gasteiger partial charge is 0.349 e. The van der Waals surface area contributed by atoms with Crippen molar-refractivity contribution in [3.05, 3.63) is 51.0 Å². The molecule has 1 amide bonds. The van der Waals surface area contributed by atoms with Crippen molar-refractivity contribution in [2.45, 2.75) is 64.2 Å². The second-order valence-electron chi connectivity index (χ2n) is 7.77. The van der Waals surface area contributed by atoms with Crippen molar-refractivity contribution in [3.8, 4) is 0 Å². The highest BCUT2D eigenvalue weighted by Crippen LogP contribution is 2.30. The number of aryl methyl sites for hydroxylation is 1. The summed E-state index contributed by atoms with van der Waals surface area (Å²) in [5.74, 6) is 0.0804. The Kier molecular flexibility index (Phi) is 5.57. The lowest BCUT2D eigenvalue weighted by atomic mass is 10.0. The van der Waals surface area contributed by atoms with Crippen molar-refractivity contribution in [2.75, 3.05) is 6.54 Å². The number of nitrogens with two attached hydrogens (primary N) is 1. The maximum absolute atomic E-state index is 12.7. The summed E-state index contributed by atoms with van der Waals surface area (Å²) >= 11 is 1.71. The number of thiophene rings is 1. The van der Waals surface area contributed by atoms with Gasteiger partial charge in [0, 0.05) is 48.2 Å². The molecule has 0 radical (unpaired) electrons. The standard InChI is InChI=1S/C21H28N4OS/c1-2-14-3-5-17(23-10-14)11-25-8-7-18-19(13-27-20(18)12-25)21(26)24-16-6-4-15(22)9-16/h3,5,10,13,15-16H,2,4,6-9,11-12,22H2,1H3,(H,24,26)/t15-,16-/m1/s1. The molecule has 1 saturated carbocycles. The van der Waals surface area contributed by atoms with Gasteiger partial charge in [-0.25, -0.2) is 0 Å². The molecule has 1 fully saturated rings. The third-order valence-electron chi connectivity index (χ3n) is 5.76. The minimum absolute atomic E-state index is 0.0804. The summed E-state index contributed by atoms with van der Waals surface area (Å²) in [5, 5.41) is 5.22. The Morgan fingerprint density at radius 1 is 1.41 bits per heavy atom. The van der Waals surface area contributed by atoms with Crippen LogP contribution >= 0.6 is 11.3 Å². The molecule has 0 aromatic carbocycles. The summed E-state index contributed by atoms with van der Waals surface area (Å²) in [4.78, 5) is 21.0. The molecule has 0 unspecified atom stereocenters. The Labute approximate surface area is 165 Å². The minimum atomic E-state index is 0.0804. The highest BCUT2D eigenvalue weighted by molar-refractivity contribution is 7.10. The third-order valence-corrected chi connectivity index (χ3v) is 6.77. The highest BCUT2D eigenvalue weighted by atomic mass is 32.1. The fraction of sp³-hybridized carbons (Fsp3) is 0.524. The minimum Gasteiger partial charge on any atom is -0.349 e. The van der Waals surface area contributed by atoms with Crippen LogP contribution < -0.4 is 11.1 Å². The molecule has 2 aliphatic rings. The van der Waals surface area contributed by atoms with Crippen LogP contribution in [0.15, 0.2) is 23.7 Å². The Morgan fingerprint density at radius 2 is 2.30 bits per heavy atom. The Hall–Kier alpha value is -1.76. The second kappa shape index (κ2) is 8.09. The van der Waals surface area contributed by atoms with Gasteiger partial charge >= 0.3 is 0 Å². The molecule has 3 heterocycles.